The third-order valence-corrected chi connectivity index (χ3v) is 8.12. The maximum Gasteiger partial charge on any atom is 0.490 e. The Morgan fingerprint density at radius 1 is 1.19 bits per heavy atom. The Balaban J connectivity index is 0.000000572. The number of amides is 1. The molecule has 2 aliphatic heterocycles. The van der Waals surface area contributed by atoms with E-state index in [4.69, 9.17) is 14.6 Å². The number of piperidine rings is 1. The highest BCUT2D eigenvalue weighted by atomic mass is 32.2. The number of carbonyl (C=O) groups is 2. The molecule has 0 atom stereocenters. The highest BCUT2D eigenvalue weighted by molar-refractivity contribution is 7.89. The largest absolute Gasteiger partial charge is 0.492 e. The van der Waals surface area contributed by atoms with Gasteiger partial charge in [0.15, 0.2) is 0 Å². The van der Waals surface area contributed by atoms with Gasteiger partial charge in [0.05, 0.1) is 13.2 Å². The third-order valence-electron chi connectivity index (χ3n) is 6.29. The predicted octanol–water partition coefficient (Wildman–Crippen LogP) is 2.58. The van der Waals surface area contributed by atoms with Gasteiger partial charge in [-0.15, -0.1) is 0 Å². The number of carboxylic acid groups (broad SMARTS) is 1. The fraction of sp³-hybridized carbons (Fsp3) is 0.652. The number of alkyl halides is 3. The normalized spacial score (nSPS) is 19.8. The molecule has 1 aromatic carbocycles. The highest BCUT2D eigenvalue weighted by Crippen LogP contribution is 2.39. The Kier molecular flexibility index (Phi) is 10.1. The molecular formula is C23H34F3N3O6S. The van der Waals surface area contributed by atoms with Crippen molar-refractivity contribution >= 4 is 21.9 Å². The minimum Gasteiger partial charge on any atom is -0.492 e. The van der Waals surface area contributed by atoms with Gasteiger partial charge in [-0.25, -0.2) is 13.2 Å². The molecule has 0 unspecified atom stereocenters. The number of nitrogens with one attached hydrogen (secondary N) is 1. The summed E-state index contributed by atoms with van der Waals surface area (Å²) in [6.07, 6.45) is -2.21. The lowest BCUT2D eigenvalue weighted by atomic mass is 9.78. The van der Waals surface area contributed by atoms with Crippen LogP contribution >= 0.6 is 0 Å². The first-order valence-electron chi connectivity index (χ1n) is 11.7. The van der Waals surface area contributed by atoms with Crippen LogP contribution in [0.4, 0.5) is 13.2 Å². The summed E-state index contributed by atoms with van der Waals surface area (Å²) < 4.78 is 65.8. The zero-order chi connectivity index (χ0) is 27.1. The number of likely N-dealkylation sites (tertiary alicyclic amines) is 1. The molecule has 1 spiro atoms. The second-order valence-corrected chi connectivity index (χ2v) is 11.4. The lowest BCUT2D eigenvalue weighted by molar-refractivity contribution is -0.192. The van der Waals surface area contributed by atoms with Gasteiger partial charge in [0.25, 0.3) is 0 Å². The van der Waals surface area contributed by atoms with Crippen LogP contribution in [0.5, 0.6) is 5.75 Å². The maximum atomic E-state index is 13.4. The summed E-state index contributed by atoms with van der Waals surface area (Å²) in [5.74, 6) is -2.03. The average Bonchev–Trinajstić information content (AvgIpc) is 2.81. The number of rotatable bonds is 5. The molecule has 0 saturated carbocycles. The number of ether oxygens (including phenoxy) is 1. The molecule has 9 nitrogen and oxygen atoms in total. The minimum absolute atomic E-state index is 0.133. The van der Waals surface area contributed by atoms with E-state index in [1.165, 1.54) is 11.4 Å². The van der Waals surface area contributed by atoms with Crippen LogP contribution in [0.1, 0.15) is 33.1 Å². The average molecular weight is 538 g/mol. The van der Waals surface area contributed by atoms with Crippen molar-refractivity contribution in [3.8, 4) is 5.75 Å². The smallest absolute Gasteiger partial charge is 0.490 e. The molecule has 1 aromatic rings. The second kappa shape index (κ2) is 12.2. The number of carboxylic acids is 1. The zero-order valence-corrected chi connectivity index (χ0v) is 21.5. The quantitative estimate of drug-likeness (QED) is 0.593. The number of benzene rings is 1. The van der Waals surface area contributed by atoms with Gasteiger partial charge in [-0.2, -0.15) is 17.5 Å². The van der Waals surface area contributed by atoms with Gasteiger partial charge in [0.2, 0.25) is 15.9 Å². The van der Waals surface area contributed by atoms with E-state index in [-0.39, 0.29) is 22.8 Å². The Labute approximate surface area is 209 Å². The van der Waals surface area contributed by atoms with E-state index < -0.39 is 22.2 Å². The molecule has 1 fully saturated rings. The van der Waals surface area contributed by atoms with E-state index >= 15 is 0 Å². The van der Waals surface area contributed by atoms with Crippen molar-refractivity contribution in [2.45, 2.75) is 44.2 Å². The molecule has 3 rings (SSSR count). The van der Waals surface area contributed by atoms with Crippen molar-refractivity contribution in [1.29, 1.82) is 0 Å². The lowest BCUT2D eigenvalue weighted by Gasteiger charge is -2.45. The fourth-order valence-electron chi connectivity index (χ4n) is 4.03. The second-order valence-electron chi connectivity index (χ2n) is 9.51. The molecule has 0 radical (unpaired) electrons. The number of nitrogens with zero attached hydrogens (tertiary/aromatic N) is 2. The number of halogens is 3. The number of hydrogen-bond donors (Lipinski definition) is 2. The molecule has 36 heavy (non-hydrogen) atoms. The van der Waals surface area contributed by atoms with Crippen LogP contribution in [0.25, 0.3) is 0 Å². The van der Waals surface area contributed by atoms with E-state index in [2.05, 4.69) is 24.1 Å². The Hall–Kier alpha value is -2.38. The molecule has 1 saturated heterocycles. The third kappa shape index (κ3) is 8.07. The van der Waals surface area contributed by atoms with E-state index in [1.807, 2.05) is 0 Å². The maximum absolute atomic E-state index is 13.4. The van der Waals surface area contributed by atoms with Crippen LogP contribution in [0, 0.1) is 11.3 Å². The van der Waals surface area contributed by atoms with E-state index in [9.17, 15) is 26.4 Å². The van der Waals surface area contributed by atoms with Gasteiger partial charge >= 0.3 is 12.1 Å². The Morgan fingerprint density at radius 3 is 2.31 bits per heavy atom. The summed E-state index contributed by atoms with van der Waals surface area (Å²) in [6, 6.07) is 6.71. The SMILES string of the molecule is CNC(=O)CN1CC2(CCN(CCC(C)C)CC2)COc2ccccc2S1(=O)=O.O=C(O)C(F)(F)F. The minimum atomic E-state index is -5.08. The molecule has 0 aromatic heterocycles. The van der Waals surface area contributed by atoms with Gasteiger partial charge in [0.1, 0.15) is 10.6 Å². The summed E-state index contributed by atoms with van der Waals surface area (Å²) >= 11 is 0. The van der Waals surface area contributed by atoms with Gasteiger partial charge in [-0.05, 0) is 56.9 Å². The molecule has 1 amide bonds. The molecular weight excluding hydrogens is 503 g/mol. The highest BCUT2D eigenvalue weighted by Gasteiger charge is 2.43. The molecule has 2 aliphatic rings. The Bertz CT molecular complexity index is 1010. The summed E-state index contributed by atoms with van der Waals surface area (Å²) in [5.41, 5.74) is -0.289. The van der Waals surface area contributed by atoms with Crippen LogP contribution in [-0.4, -0.2) is 87.2 Å². The van der Waals surface area contributed by atoms with Crippen LogP contribution in [0.2, 0.25) is 0 Å². The predicted molar refractivity (Wildman–Crippen MR) is 126 cm³/mol. The summed E-state index contributed by atoms with van der Waals surface area (Å²) in [6.45, 7) is 7.96. The van der Waals surface area contributed by atoms with Crippen LogP contribution in [0.3, 0.4) is 0 Å². The van der Waals surface area contributed by atoms with Gasteiger partial charge < -0.3 is 20.1 Å². The summed E-state index contributed by atoms with van der Waals surface area (Å²) in [4.78, 5) is 23.6. The van der Waals surface area contributed by atoms with Gasteiger partial charge in [0, 0.05) is 19.0 Å². The Morgan fingerprint density at radius 2 is 1.78 bits per heavy atom. The molecule has 2 heterocycles. The van der Waals surface area contributed by atoms with Crippen LogP contribution in [-0.2, 0) is 19.6 Å². The molecule has 0 bridgehead atoms. The first-order valence-corrected chi connectivity index (χ1v) is 13.1. The van der Waals surface area contributed by atoms with Crippen molar-refractivity contribution in [2.24, 2.45) is 11.3 Å². The van der Waals surface area contributed by atoms with E-state index in [0.29, 0.717) is 24.8 Å². The van der Waals surface area contributed by atoms with Crippen molar-refractivity contribution in [3.05, 3.63) is 24.3 Å². The molecule has 2 N–H and O–H groups in total. The summed E-state index contributed by atoms with van der Waals surface area (Å²) in [5, 5.41) is 9.68. The molecule has 0 aliphatic carbocycles. The number of carbonyl (C=O) groups excluding carboxylic acids is 1. The first-order chi connectivity index (χ1) is 16.7. The number of aliphatic carboxylic acids is 1. The zero-order valence-electron chi connectivity index (χ0n) is 20.7. The van der Waals surface area contributed by atoms with E-state index in [0.717, 1.165) is 38.9 Å². The van der Waals surface area contributed by atoms with Crippen molar-refractivity contribution in [1.82, 2.24) is 14.5 Å². The van der Waals surface area contributed by atoms with Gasteiger partial charge in [-0.1, -0.05) is 26.0 Å². The van der Waals surface area contributed by atoms with Crippen molar-refractivity contribution in [3.63, 3.8) is 0 Å². The monoisotopic (exact) mass is 537 g/mol. The number of fused-ring (bicyclic) bond motifs is 1. The van der Waals surface area contributed by atoms with Crippen molar-refractivity contribution in [2.75, 3.05) is 46.4 Å². The van der Waals surface area contributed by atoms with Crippen LogP contribution in [0.15, 0.2) is 29.2 Å². The van der Waals surface area contributed by atoms with Gasteiger partial charge in [-0.3, -0.25) is 4.79 Å². The van der Waals surface area contributed by atoms with Crippen LogP contribution < -0.4 is 10.1 Å². The standard InChI is InChI=1S/C21H33N3O4S.C2HF3O2/c1-17(2)8-11-23-12-9-21(10-13-23)15-24(14-20(25)22-3)29(26,27)19-7-5-4-6-18(19)28-16-21;3-2(4,5)1(6)7/h4-7,17H,8-16H2,1-3H3,(H,22,25);(H,6,7). The topological polar surface area (TPSA) is 116 Å². The summed E-state index contributed by atoms with van der Waals surface area (Å²) in [7, 11) is -2.30. The fourth-order valence-corrected chi connectivity index (χ4v) is 5.67. The van der Waals surface area contributed by atoms with E-state index in [1.54, 1.807) is 24.3 Å². The van der Waals surface area contributed by atoms with Crippen molar-refractivity contribution < 1.29 is 41.0 Å². The lowest BCUT2D eigenvalue weighted by Crippen LogP contribution is -2.53. The molecule has 204 valence electrons. The number of para-hydroxylation sites is 1. The first kappa shape index (κ1) is 29.8. The number of sulfonamides is 1. The number of likely N-dealkylation sites (N-methyl/N-ethyl adjacent to an activating group) is 1. The molecule has 13 heteroatoms. The number of hydrogen-bond acceptors (Lipinski definition) is 6.